The summed E-state index contributed by atoms with van der Waals surface area (Å²) >= 11 is 6.17. The fourth-order valence-electron chi connectivity index (χ4n) is 2.66. The minimum Gasteiger partial charge on any atom is -0.468 e. The minimum absolute atomic E-state index is 0.0354. The summed E-state index contributed by atoms with van der Waals surface area (Å²) < 4.78 is 10.2. The van der Waals surface area contributed by atoms with Crippen LogP contribution in [0.1, 0.15) is 38.3 Å². The molecule has 6 heteroatoms. The van der Waals surface area contributed by atoms with Crippen molar-refractivity contribution in [2.45, 2.75) is 44.2 Å². The van der Waals surface area contributed by atoms with E-state index >= 15 is 0 Å². The van der Waals surface area contributed by atoms with E-state index in [1.165, 1.54) is 7.11 Å². The number of benzene rings is 2. The monoisotopic (exact) mass is 415 g/mol. The Morgan fingerprint density at radius 3 is 1.83 bits per heavy atom. The highest BCUT2D eigenvalue weighted by Crippen LogP contribution is 2.19. The van der Waals surface area contributed by atoms with Crippen LogP contribution in [-0.4, -0.2) is 41.8 Å². The lowest BCUT2D eigenvalue weighted by atomic mass is 10.0. The number of nitrogens with zero attached hydrogens (tertiary/aromatic N) is 1. The molecule has 154 valence electrons. The highest BCUT2D eigenvalue weighted by Gasteiger charge is 2.30. The number of rotatable bonds is 7. The molecule has 0 bridgehead atoms. The van der Waals surface area contributed by atoms with Crippen LogP contribution in [-0.2, 0) is 19.1 Å². The molecule has 0 heterocycles. The molecule has 0 radical (unpaired) electrons. The van der Waals surface area contributed by atoms with Gasteiger partial charge in [0, 0.05) is 17.5 Å². The maximum absolute atomic E-state index is 12.9. The van der Waals surface area contributed by atoms with Crippen LogP contribution in [0.5, 0.6) is 0 Å². The smallest absolute Gasteiger partial charge is 0.331 e. The van der Waals surface area contributed by atoms with Crippen LogP contribution in [0, 0.1) is 0 Å². The largest absolute Gasteiger partial charge is 0.468 e. The molecule has 0 saturated heterocycles. The molecule has 2 rings (SSSR count). The number of carbonyl (C=O) groups excluding carboxylic acids is 2. The fraction of sp³-hybridized carbons (Fsp3) is 0.348. The number of methoxy groups -OCH3 is 1. The van der Waals surface area contributed by atoms with Crippen LogP contribution < -0.4 is 0 Å². The number of ether oxygens (including phenoxy) is 2. The Balaban J connectivity index is 2.50. The summed E-state index contributed by atoms with van der Waals surface area (Å²) in [6, 6.07) is 18.1. The van der Waals surface area contributed by atoms with Gasteiger partial charge in [0.25, 0.3) is 0 Å². The number of esters is 2. The van der Waals surface area contributed by atoms with Crippen LogP contribution >= 0.6 is 11.6 Å². The molecule has 2 aromatic rings. The average Bonchev–Trinajstić information content (AvgIpc) is 2.70. The van der Waals surface area contributed by atoms with Crippen molar-refractivity contribution in [3.63, 3.8) is 0 Å². The Labute approximate surface area is 176 Å². The summed E-state index contributed by atoms with van der Waals surface area (Å²) in [6.07, 6.45) is -0.0354. The van der Waals surface area contributed by atoms with E-state index in [9.17, 15) is 9.59 Å². The SMILES string of the molecule is COC(=O)[C@H](Cl)C[C@@H](N=C(c1ccccc1)c1ccccc1)C(=O)OC(C)(C)C. The van der Waals surface area contributed by atoms with Crippen LogP contribution in [0.2, 0.25) is 0 Å². The molecule has 5 nitrogen and oxygen atoms in total. The molecule has 0 aromatic heterocycles. The quantitative estimate of drug-likeness (QED) is 0.382. The predicted octanol–water partition coefficient (Wildman–Crippen LogP) is 4.40. The van der Waals surface area contributed by atoms with Gasteiger partial charge in [-0.2, -0.15) is 0 Å². The van der Waals surface area contributed by atoms with E-state index in [1.54, 1.807) is 20.8 Å². The van der Waals surface area contributed by atoms with E-state index in [2.05, 4.69) is 0 Å². The molecular weight excluding hydrogens is 390 g/mol. The van der Waals surface area contributed by atoms with E-state index in [-0.39, 0.29) is 6.42 Å². The van der Waals surface area contributed by atoms with Gasteiger partial charge in [-0.25, -0.2) is 4.79 Å². The van der Waals surface area contributed by atoms with E-state index in [4.69, 9.17) is 26.1 Å². The zero-order valence-electron chi connectivity index (χ0n) is 17.1. The molecule has 0 saturated carbocycles. The summed E-state index contributed by atoms with van der Waals surface area (Å²) in [5.41, 5.74) is 1.61. The molecular formula is C23H26ClNO4. The van der Waals surface area contributed by atoms with E-state index in [0.717, 1.165) is 11.1 Å². The van der Waals surface area contributed by atoms with Crippen LogP contribution in [0.25, 0.3) is 0 Å². The van der Waals surface area contributed by atoms with Crippen molar-refractivity contribution in [2.75, 3.05) is 7.11 Å². The molecule has 0 aliphatic heterocycles. The molecule has 0 N–H and O–H groups in total. The zero-order chi connectivity index (χ0) is 21.4. The van der Waals surface area contributed by atoms with E-state index in [0.29, 0.717) is 5.71 Å². The molecule has 0 aliphatic carbocycles. The second-order valence-corrected chi connectivity index (χ2v) is 8.01. The topological polar surface area (TPSA) is 65.0 Å². The Morgan fingerprint density at radius 2 is 1.41 bits per heavy atom. The molecule has 0 fully saturated rings. The molecule has 2 aromatic carbocycles. The third kappa shape index (κ3) is 7.02. The maximum atomic E-state index is 12.9. The van der Waals surface area contributed by atoms with Crippen LogP contribution in [0.3, 0.4) is 0 Å². The van der Waals surface area contributed by atoms with Crippen molar-refractivity contribution in [1.82, 2.24) is 0 Å². The van der Waals surface area contributed by atoms with Crippen LogP contribution in [0.4, 0.5) is 0 Å². The lowest BCUT2D eigenvalue weighted by Gasteiger charge is -2.23. The molecule has 2 atom stereocenters. The van der Waals surface area contributed by atoms with Crippen LogP contribution in [0.15, 0.2) is 65.7 Å². The number of carbonyl (C=O) groups is 2. The fourth-order valence-corrected chi connectivity index (χ4v) is 2.91. The lowest BCUT2D eigenvalue weighted by Crippen LogP contribution is -2.34. The van der Waals surface area contributed by atoms with Gasteiger partial charge in [-0.15, -0.1) is 11.6 Å². The van der Waals surface area contributed by atoms with Gasteiger partial charge in [0.2, 0.25) is 0 Å². The summed E-state index contributed by atoms with van der Waals surface area (Å²) in [4.78, 5) is 29.4. The lowest BCUT2D eigenvalue weighted by molar-refractivity contribution is -0.156. The molecule has 0 spiro atoms. The van der Waals surface area contributed by atoms with Gasteiger partial charge in [0.15, 0.2) is 0 Å². The van der Waals surface area contributed by atoms with Crippen molar-refractivity contribution in [2.24, 2.45) is 4.99 Å². The summed E-state index contributed by atoms with van der Waals surface area (Å²) in [5.74, 6) is -1.16. The Bertz CT molecular complexity index is 803. The molecule has 0 amide bonds. The number of hydrogen-bond donors (Lipinski definition) is 0. The van der Waals surface area contributed by atoms with Gasteiger partial charge in [-0.3, -0.25) is 9.79 Å². The molecule has 0 aliphatic rings. The van der Waals surface area contributed by atoms with Crippen molar-refractivity contribution in [3.05, 3.63) is 71.8 Å². The first-order chi connectivity index (χ1) is 13.7. The standard InChI is InChI=1S/C23H26ClNO4/c1-23(2,3)29-22(27)19(15-18(24)21(26)28-4)25-20(16-11-7-5-8-12-16)17-13-9-6-10-14-17/h5-14,18-19H,15H2,1-4H3/t18-,19-/m1/s1. The summed E-state index contributed by atoms with van der Waals surface area (Å²) in [7, 11) is 1.25. The highest BCUT2D eigenvalue weighted by atomic mass is 35.5. The first kappa shape index (κ1) is 22.6. The number of halogens is 1. The average molecular weight is 416 g/mol. The van der Waals surface area contributed by atoms with E-state index < -0.39 is 29.0 Å². The van der Waals surface area contributed by atoms with Gasteiger partial charge < -0.3 is 9.47 Å². The maximum Gasteiger partial charge on any atom is 0.331 e. The number of hydrogen-bond acceptors (Lipinski definition) is 5. The summed E-state index contributed by atoms with van der Waals surface area (Å²) in [5, 5.41) is -1.02. The third-order valence-electron chi connectivity index (χ3n) is 3.95. The van der Waals surface area contributed by atoms with Crippen molar-refractivity contribution < 1.29 is 19.1 Å². The zero-order valence-corrected chi connectivity index (χ0v) is 17.8. The minimum atomic E-state index is -1.02. The first-order valence-corrected chi connectivity index (χ1v) is 9.78. The number of alkyl halides is 1. The van der Waals surface area contributed by atoms with Gasteiger partial charge in [0.05, 0.1) is 12.8 Å². The van der Waals surface area contributed by atoms with Crippen molar-refractivity contribution in [3.8, 4) is 0 Å². The molecule has 29 heavy (non-hydrogen) atoms. The molecule has 0 unspecified atom stereocenters. The first-order valence-electron chi connectivity index (χ1n) is 9.34. The predicted molar refractivity (Wildman–Crippen MR) is 114 cm³/mol. The normalized spacial score (nSPS) is 13.1. The van der Waals surface area contributed by atoms with Gasteiger partial charge in [-0.05, 0) is 20.8 Å². The summed E-state index contributed by atoms with van der Waals surface area (Å²) in [6.45, 7) is 5.33. The van der Waals surface area contributed by atoms with Gasteiger partial charge in [0.1, 0.15) is 17.0 Å². The Hall–Kier alpha value is -2.66. The second-order valence-electron chi connectivity index (χ2n) is 7.49. The highest BCUT2D eigenvalue weighted by molar-refractivity contribution is 6.30. The Kier molecular flexibility index (Phi) is 7.97. The van der Waals surface area contributed by atoms with Gasteiger partial charge >= 0.3 is 11.9 Å². The third-order valence-corrected chi connectivity index (χ3v) is 4.30. The second kappa shape index (κ2) is 10.2. The van der Waals surface area contributed by atoms with E-state index in [1.807, 2.05) is 60.7 Å². The van der Waals surface area contributed by atoms with Crippen molar-refractivity contribution >= 4 is 29.3 Å². The van der Waals surface area contributed by atoms with Gasteiger partial charge in [-0.1, -0.05) is 60.7 Å². The van der Waals surface area contributed by atoms with Crippen molar-refractivity contribution in [1.29, 1.82) is 0 Å². The number of aliphatic imine (C=N–C) groups is 1. The Morgan fingerprint density at radius 1 is 0.931 bits per heavy atom.